The largest absolute Gasteiger partial charge is 0.493 e. The first kappa shape index (κ1) is 37.3. The van der Waals surface area contributed by atoms with Gasteiger partial charge in [-0.2, -0.15) is 5.10 Å². The summed E-state index contributed by atoms with van der Waals surface area (Å²) in [5, 5.41) is 19.8. The van der Waals surface area contributed by atoms with Crippen molar-refractivity contribution in [3.05, 3.63) is 82.8 Å². The third kappa shape index (κ3) is 9.64. The molecule has 2 aromatic carbocycles. The summed E-state index contributed by atoms with van der Waals surface area (Å²) in [7, 11) is 3.10. The molecule has 4 heterocycles. The summed E-state index contributed by atoms with van der Waals surface area (Å²) < 4.78 is 23.2. The number of carbonyl (C=O) groups excluding carboxylic acids is 4. The van der Waals surface area contributed by atoms with E-state index in [1.165, 1.54) is 4.68 Å². The number of nitrogens with one attached hydrogen (secondary N) is 4. The third-order valence-electron chi connectivity index (χ3n) is 8.31. The number of carbonyl (C=O) groups is 4. The number of fused-ring (bicyclic) bond motifs is 14. The van der Waals surface area contributed by atoms with Crippen LogP contribution in [0.4, 0.5) is 0 Å². The number of rotatable bonds is 7. The van der Waals surface area contributed by atoms with E-state index >= 15 is 0 Å². The highest BCUT2D eigenvalue weighted by Gasteiger charge is 2.35. The molecule has 0 spiro atoms. The molecule has 2 aliphatic heterocycles. The van der Waals surface area contributed by atoms with Crippen LogP contribution in [0.5, 0.6) is 17.2 Å². The van der Waals surface area contributed by atoms with E-state index in [-0.39, 0.29) is 38.4 Å². The minimum atomic E-state index is -1.43. The summed E-state index contributed by atoms with van der Waals surface area (Å²) in [4.78, 5) is 58.3. The molecule has 6 rings (SSSR count). The molecular weight excluding hydrogens is 672 g/mol. The Balaban J connectivity index is 1.40. The van der Waals surface area contributed by atoms with Gasteiger partial charge in [0.15, 0.2) is 17.3 Å². The molecule has 2 aliphatic rings. The van der Waals surface area contributed by atoms with Crippen LogP contribution in [0.1, 0.15) is 61.0 Å². The zero-order chi connectivity index (χ0) is 37.4. The molecular formula is C36H44N8O8. The molecule has 0 saturated carbocycles. The maximum absolute atomic E-state index is 13.8. The minimum absolute atomic E-state index is 0.121. The van der Waals surface area contributed by atoms with E-state index in [1.54, 1.807) is 78.3 Å². The fourth-order valence-electron chi connectivity index (χ4n) is 5.60. The number of hydrogen-bond acceptors (Lipinski definition) is 11. The van der Waals surface area contributed by atoms with Gasteiger partial charge >= 0.3 is 0 Å². The van der Waals surface area contributed by atoms with Gasteiger partial charge in [0, 0.05) is 18.9 Å². The molecule has 0 radical (unpaired) electrons. The van der Waals surface area contributed by atoms with Crippen molar-refractivity contribution in [1.29, 1.82) is 0 Å². The fourth-order valence-corrected chi connectivity index (χ4v) is 5.60. The lowest BCUT2D eigenvalue weighted by atomic mass is 10.00. The van der Waals surface area contributed by atoms with Crippen molar-refractivity contribution in [2.45, 2.75) is 71.1 Å². The van der Waals surface area contributed by atoms with Crippen LogP contribution in [-0.2, 0) is 45.0 Å². The van der Waals surface area contributed by atoms with E-state index < -0.39 is 35.3 Å². The molecule has 0 fully saturated rings. The van der Waals surface area contributed by atoms with E-state index in [9.17, 15) is 19.2 Å². The van der Waals surface area contributed by atoms with Crippen LogP contribution in [0, 0.1) is 6.92 Å². The first-order valence-electron chi connectivity index (χ1n) is 16.8. The second-order valence-corrected chi connectivity index (χ2v) is 13.0. The predicted octanol–water partition coefficient (Wildman–Crippen LogP) is 1.73. The number of methoxy groups -OCH3 is 2. The van der Waals surface area contributed by atoms with Crippen LogP contribution in [0.25, 0.3) is 0 Å². The fraction of sp³-hybridized carbons (Fsp3) is 0.417. The van der Waals surface area contributed by atoms with Gasteiger partial charge in [-0.1, -0.05) is 23.4 Å². The second-order valence-electron chi connectivity index (χ2n) is 13.0. The van der Waals surface area contributed by atoms with Crippen LogP contribution in [0.15, 0.2) is 53.1 Å². The van der Waals surface area contributed by atoms with Gasteiger partial charge in [0.05, 0.1) is 38.9 Å². The van der Waals surface area contributed by atoms with Gasteiger partial charge in [-0.25, -0.2) is 9.67 Å². The molecule has 2 aromatic heterocycles. The van der Waals surface area contributed by atoms with Gasteiger partial charge in [-0.3, -0.25) is 19.2 Å². The number of ether oxygens (including phenoxy) is 3. The molecule has 4 amide bonds. The number of aryl methyl sites for hydroxylation is 1. The predicted molar refractivity (Wildman–Crippen MR) is 187 cm³/mol. The highest BCUT2D eigenvalue weighted by molar-refractivity contribution is 5.94. The lowest BCUT2D eigenvalue weighted by molar-refractivity contribution is -0.134. The molecule has 276 valence electrons. The van der Waals surface area contributed by atoms with E-state index in [2.05, 4.69) is 31.5 Å². The summed E-state index contributed by atoms with van der Waals surface area (Å²) >= 11 is 0. The van der Waals surface area contributed by atoms with Crippen molar-refractivity contribution in [2.75, 3.05) is 27.4 Å². The Hall–Kier alpha value is -5.93. The van der Waals surface area contributed by atoms with Crippen molar-refractivity contribution in [2.24, 2.45) is 0 Å². The highest BCUT2D eigenvalue weighted by Crippen LogP contribution is 2.28. The summed E-state index contributed by atoms with van der Waals surface area (Å²) in [6, 6.07) is 12.4. The number of hydrogen-bond donors (Lipinski definition) is 4. The molecule has 4 aromatic rings. The standard InChI is InChI=1S/C36H44N8O8/c1-21-15-26(52-43-21)19-31(45)39-27-16-23-7-10-25(11-8-23)51-14-13-37-32(46)20-44-33(22(2)38-35(48)36(3,4)41-34(27)47)40-30(42-44)18-24-9-12-28(49-5)29(17-24)50-6/h7-12,15,17,22,27H,13-14,16,18-20H2,1-6H3,(H,37,46)(H,38,48)(H,39,45)(H,41,47)/t22-,27+/m1/s1. The van der Waals surface area contributed by atoms with Crippen molar-refractivity contribution < 1.29 is 37.9 Å². The zero-order valence-electron chi connectivity index (χ0n) is 30.1. The van der Waals surface area contributed by atoms with E-state index in [0.29, 0.717) is 46.8 Å². The second kappa shape index (κ2) is 16.4. The molecule has 2 bridgehead atoms. The Labute approximate surface area is 301 Å². The van der Waals surface area contributed by atoms with Crippen LogP contribution in [-0.4, -0.2) is 82.5 Å². The molecule has 16 nitrogen and oxygen atoms in total. The van der Waals surface area contributed by atoms with Gasteiger partial charge < -0.3 is 40.0 Å². The summed E-state index contributed by atoms with van der Waals surface area (Å²) in [6.07, 6.45) is 0.313. The Kier molecular flexibility index (Phi) is 11.8. The molecule has 2 atom stereocenters. The summed E-state index contributed by atoms with van der Waals surface area (Å²) in [5.41, 5.74) is 0.776. The molecule has 52 heavy (non-hydrogen) atoms. The lowest BCUT2D eigenvalue weighted by Gasteiger charge is -2.29. The van der Waals surface area contributed by atoms with Gasteiger partial charge in [-0.05, 0) is 63.1 Å². The van der Waals surface area contributed by atoms with E-state index in [0.717, 1.165) is 11.1 Å². The average molecular weight is 717 g/mol. The third-order valence-corrected chi connectivity index (χ3v) is 8.31. The van der Waals surface area contributed by atoms with Crippen molar-refractivity contribution in [3.8, 4) is 17.2 Å². The molecule has 16 heteroatoms. The molecule has 0 aliphatic carbocycles. The first-order chi connectivity index (χ1) is 24.8. The Morgan fingerprint density at radius 2 is 1.81 bits per heavy atom. The maximum Gasteiger partial charge on any atom is 0.245 e. The van der Waals surface area contributed by atoms with E-state index in [4.69, 9.17) is 23.7 Å². The van der Waals surface area contributed by atoms with Crippen LogP contribution < -0.4 is 35.5 Å². The van der Waals surface area contributed by atoms with Crippen molar-refractivity contribution >= 4 is 23.6 Å². The van der Waals surface area contributed by atoms with Crippen LogP contribution in [0.3, 0.4) is 0 Å². The summed E-state index contributed by atoms with van der Waals surface area (Å²) in [6.45, 7) is 6.83. The number of aromatic nitrogens is 4. The van der Waals surface area contributed by atoms with Gasteiger partial charge in [0.25, 0.3) is 0 Å². The number of amides is 4. The zero-order valence-corrected chi connectivity index (χ0v) is 30.1. The normalized spacial score (nSPS) is 18.2. The molecule has 4 N–H and O–H groups in total. The minimum Gasteiger partial charge on any atom is -0.493 e. The Bertz CT molecular complexity index is 1900. The average Bonchev–Trinajstić information content (AvgIpc) is 3.70. The monoisotopic (exact) mass is 716 g/mol. The van der Waals surface area contributed by atoms with Gasteiger partial charge in [0.1, 0.15) is 42.1 Å². The topological polar surface area (TPSA) is 201 Å². The quantitative estimate of drug-likeness (QED) is 0.217. The molecule has 0 saturated heterocycles. The smallest absolute Gasteiger partial charge is 0.245 e. The Morgan fingerprint density at radius 3 is 2.50 bits per heavy atom. The first-order valence-corrected chi connectivity index (χ1v) is 16.8. The van der Waals surface area contributed by atoms with Crippen LogP contribution in [0.2, 0.25) is 0 Å². The SMILES string of the molecule is COc1ccc(Cc2nc3n(n2)CC(=O)NCCOc2ccc(cc2)C[C@H](NC(=O)Cc2cc(C)no2)C(=O)NC(C)(C)C(=O)N[C@@H]3C)cc1OC. The van der Waals surface area contributed by atoms with Gasteiger partial charge in [0.2, 0.25) is 23.6 Å². The Morgan fingerprint density at radius 1 is 1.06 bits per heavy atom. The highest BCUT2D eigenvalue weighted by atomic mass is 16.5. The van der Waals surface area contributed by atoms with Crippen molar-refractivity contribution in [1.82, 2.24) is 41.2 Å². The number of benzene rings is 2. The summed E-state index contributed by atoms with van der Waals surface area (Å²) in [5.74, 6) is 0.911. The lowest BCUT2D eigenvalue weighted by Crippen LogP contribution is -2.60. The van der Waals surface area contributed by atoms with E-state index in [1.807, 2.05) is 12.1 Å². The maximum atomic E-state index is 13.8. The van der Waals surface area contributed by atoms with Crippen LogP contribution >= 0.6 is 0 Å². The van der Waals surface area contributed by atoms with Gasteiger partial charge in [-0.15, -0.1) is 0 Å². The van der Waals surface area contributed by atoms with Crippen molar-refractivity contribution in [3.63, 3.8) is 0 Å². The number of nitrogens with zero attached hydrogens (tertiary/aromatic N) is 4. The molecule has 0 unspecified atom stereocenters.